The molecule has 2 N–H and O–H groups in total. The number of nitrogens with zero attached hydrogens (tertiary/aromatic N) is 1. The largest absolute Gasteiger partial charge is 0.354 e. The van der Waals surface area contributed by atoms with Crippen molar-refractivity contribution in [3.63, 3.8) is 0 Å². The fourth-order valence-electron chi connectivity index (χ4n) is 3.53. The number of benzene rings is 2. The van der Waals surface area contributed by atoms with Crippen LogP contribution in [0.2, 0.25) is 0 Å². The molecule has 1 aliphatic carbocycles. The van der Waals surface area contributed by atoms with Crippen LogP contribution in [-0.2, 0) is 32.6 Å². The van der Waals surface area contributed by atoms with Gasteiger partial charge >= 0.3 is 0 Å². The minimum absolute atomic E-state index is 0.0534. The number of amides is 2. The van der Waals surface area contributed by atoms with E-state index in [4.69, 9.17) is 0 Å². The van der Waals surface area contributed by atoms with Crippen LogP contribution in [0.15, 0.2) is 59.5 Å². The number of sulfonamides is 1. The van der Waals surface area contributed by atoms with Crippen molar-refractivity contribution < 1.29 is 18.0 Å². The number of hydrogen-bond acceptors (Lipinski definition) is 4. The van der Waals surface area contributed by atoms with Gasteiger partial charge < -0.3 is 10.2 Å². The van der Waals surface area contributed by atoms with Gasteiger partial charge in [-0.05, 0) is 55.4 Å². The van der Waals surface area contributed by atoms with Gasteiger partial charge in [-0.1, -0.05) is 56.3 Å². The van der Waals surface area contributed by atoms with Gasteiger partial charge in [0.15, 0.2) is 0 Å². The van der Waals surface area contributed by atoms with Gasteiger partial charge in [0.2, 0.25) is 21.8 Å². The van der Waals surface area contributed by atoms with Gasteiger partial charge in [-0.3, -0.25) is 9.59 Å². The summed E-state index contributed by atoms with van der Waals surface area (Å²) in [4.78, 5) is 27.7. The second-order valence-corrected chi connectivity index (χ2v) is 11.1. The summed E-state index contributed by atoms with van der Waals surface area (Å²) in [6, 6.07) is 15.7. The third kappa shape index (κ3) is 7.67. The number of carbonyl (C=O) groups is 2. The molecule has 0 heterocycles. The predicted molar refractivity (Wildman–Crippen MR) is 132 cm³/mol. The van der Waals surface area contributed by atoms with Gasteiger partial charge in [0, 0.05) is 25.6 Å². The lowest BCUT2D eigenvalue weighted by Gasteiger charge is -2.29. The van der Waals surface area contributed by atoms with E-state index >= 15 is 0 Å². The minimum atomic E-state index is -3.50. The van der Waals surface area contributed by atoms with Crippen molar-refractivity contribution in [3.05, 3.63) is 65.7 Å². The highest BCUT2D eigenvalue weighted by molar-refractivity contribution is 7.89. The third-order valence-electron chi connectivity index (χ3n) is 5.81. The van der Waals surface area contributed by atoms with Gasteiger partial charge in [-0.25, -0.2) is 13.1 Å². The SMILES string of the molecule is CC(C)CNC(=O)[C@H](C)N(Cc1ccccc1)C(=O)CCc1ccc(S(=O)(=O)NC2CC2)cc1. The van der Waals surface area contributed by atoms with E-state index in [9.17, 15) is 18.0 Å². The van der Waals surface area contributed by atoms with Crippen LogP contribution in [0.1, 0.15) is 51.2 Å². The standard InChI is InChI=1S/C26H35N3O4S/c1-19(2)17-27-26(31)20(3)29(18-22-7-5-4-6-8-22)25(30)16-11-21-9-14-24(15-10-21)34(32,33)28-23-12-13-23/h4-10,14-15,19-20,23,28H,11-13,16-18H2,1-3H3,(H,27,31)/t20-/m0/s1. The van der Waals surface area contributed by atoms with Crippen LogP contribution < -0.4 is 10.0 Å². The van der Waals surface area contributed by atoms with E-state index < -0.39 is 16.1 Å². The van der Waals surface area contributed by atoms with Crippen molar-refractivity contribution in [2.45, 2.75) is 70.0 Å². The average molecular weight is 486 g/mol. The second-order valence-electron chi connectivity index (χ2n) is 9.36. The number of carbonyl (C=O) groups excluding carboxylic acids is 2. The molecule has 8 heteroatoms. The first kappa shape index (κ1) is 25.9. The summed E-state index contributed by atoms with van der Waals surface area (Å²) in [5.74, 6) is 0.0273. The van der Waals surface area contributed by atoms with Crippen molar-refractivity contribution in [1.82, 2.24) is 14.9 Å². The molecule has 7 nitrogen and oxygen atoms in total. The molecule has 184 valence electrons. The van der Waals surface area contributed by atoms with Crippen molar-refractivity contribution in [3.8, 4) is 0 Å². The van der Waals surface area contributed by atoms with Crippen LogP contribution in [0, 0.1) is 5.92 Å². The van der Waals surface area contributed by atoms with E-state index in [-0.39, 0.29) is 29.2 Å². The molecule has 2 amide bonds. The van der Waals surface area contributed by atoms with Crippen molar-refractivity contribution in [1.29, 1.82) is 0 Å². The van der Waals surface area contributed by atoms with Crippen molar-refractivity contribution in [2.24, 2.45) is 5.92 Å². The quantitative estimate of drug-likeness (QED) is 0.482. The molecule has 1 saturated carbocycles. The fourth-order valence-corrected chi connectivity index (χ4v) is 4.84. The lowest BCUT2D eigenvalue weighted by atomic mass is 10.1. The van der Waals surface area contributed by atoms with Crippen LogP contribution in [-0.4, -0.2) is 43.8 Å². The smallest absolute Gasteiger partial charge is 0.242 e. The van der Waals surface area contributed by atoms with Gasteiger partial charge in [-0.15, -0.1) is 0 Å². The summed E-state index contributed by atoms with van der Waals surface area (Å²) in [6.07, 6.45) is 2.45. The molecule has 3 rings (SSSR count). The summed E-state index contributed by atoms with van der Waals surface area (Å²) in [7, 11) is -3.50. The molecule has 0 unspecified atom stereocenters. The highest BCUT2D eigenvalue weighted by Gasteiger charge is 2.28. The first-order chi connectivity index (χ1) is 16.2. The Morgan fingerprint density at radius 1 is 0.971 bits per heavy atom. The number of hydrogen-bond donors (Lipinski definition) is 2. The Kier molecular flexibility index (Phi) is 8.85. The predicted octanol–water partition coefficient (Wildman–Crippen LogP) is 3.25. The van der Waals surface area contributed by atoms with Gasteiger partial charge in [0.05, 0.1) is 4.90 Å². The van der Waals surface area contributed by atoms with E-state index in [0.29, 0.717) is 25.4 Å². The Hall–Kier alpha value is -2.71. The summed E-state index contributed by atoms with van der Waals surface area (Å²) >= 11 is 0. The molecule has 1 aliphatic rings. The lowest BCUT2D eigenvalue weighted by molar-refractivity contribution is -0.140. The van der Waals surface area contributed by atoms with E-state index in [1.54, 1.807) is 36.1 Å². The molecule has 0 aromatic heterocycles. The normalized spacial score (nSPS) is 14.6. The first-order valence-corrected chi connectivity index (χ1v) is 13.4. The molecule has 2 aromatic rings. The van der Waals surface area contributed by atoms with Crippen LogP contribution >= 0.6 is 0 Å². The second kappa shape index (κ2) is 11.6. The van der Waals surface area contributed by atoms with E-state index in [1.807, 2.05) is 44.2 Å². The molecule has 0 bridgehead atoms. The van der Waals surface area contributed by atoms with Gasteiger partial charge in [-0.2, -0.15) is 0 Å². The summed E-state index contributed by atoms with van der Waals surface area (Å²) in [6.45, 7) is 6.71. The number of aryl methyl sites for hydroxylation is 1. The minimum Gasteiger partial charge on any atom is -0.354 e. The van der Waals surface area contributed by atoms with Gasteiger partial charge in [0.1, 0.15) is 6.04 Å². The molecule has 0 saturated heterocycles. The monoisotopic (exact) mass is 485 g/mol. The van der Waals surface area contributed by atoms with Crippen LogP contribution in [0.25, 0.3) is 0 Å². The van der Waals surface area contributed by atoms with E-state index in [2.05, 4.69) is 10.0 Å². The molecule has 0 spiro atoms. The fraction of sp³-hybridized carbons (Fsp3) is 0.462. The maximum atomic E-state index is 13.2. The zero-order valence-electron chi connectivity index (χ0n) is 20.2. The van der Waals surface area contributed by atoms with Crippen LogP contribution in [0.5, 0.6) is 0 Å². The Bertz CT molecular complexity index is 1060. The van der Waals surface area contributed by atoms with E-state index in [0.717, 1.165) is 24.0 Å². The summed E-state index contributed by atoms with van der Waals surface area (Å²) in [5.41, 5.74) is 1.83. The molecule has 2 aromatic carbocycles. The van der Waals surface area contributed by atoms with Crippen LogP contribution in [0.3, 0.4) is 0 Å². The van der Waals surface area contributed by atoms with Crippen molar-refractivity contribution in [2.75, 3.05) is 6.54 Å². The maximum absolute atomic E-state index is 13.2. The molecule has 1 fully saturated rings. The highest BCUT2D eigenvalue weighted by Crippen LogP contribution is 2.22. The average Bonchev–Trinajstić information content (AvgIpc) is 3.63. The number of rotatable bonds is 12. The Labute approximate surface area is 203 Å². The van der Waals surface area contributed by atoms with E-state index in [1.165, 1.54) is 0 Å². The van der Waals surface area contributed by atoms with Crippen LogP contribution in [0.4, 0.5) is 0 Å². The molecule has 0 radical (unpaired) electrons. The zero-order chi connectivity index (χ0) is 24.7. The highest BCUT2D eigenvalue weighted by atomic mass is 32.2. The topological polar surface area (TPSA) is 95.6 Å². The summed E-state index contributed by atoms with van der Waals surface area (Å²) < 4.78 is 27.4. The lowest BCUT2D eigenvalue weighted by Crippen LogP contribution is -2.48. The molecular formula is C26H35N3O4S. The Balaban J connectivity index is 1.65. The number of nitrogens with one attached hydrogen (secondary N) is 2. The molecule has 0 aliphatic heterocycles. The zero-order valence-corrected chi connectivity index (χ0v) is 21.0. The molecular weight excluding hydrogens is 450 g/mol. The molecule has 34 heavy (non-hydrogen) atoms. The first-order valence-electron chi connectivity index (χ1n) is 11.9. The van der Waals surface area contributed by atoms with Crippen molar-refractivity contribution >= 4 is 21.8 Å². The maximum Gasteiger partial charge on any atom is 0.242 e. The Morgan fingerprint density at radius 3 is 2.21 bits per heavy atom. The molecule has 1 atom stereocenters. The Morgan fingerprint density at radius 2 is 1.62 bits per heavy atom. The van der Waals surface area contributed by atoms with Gasteiger partial charge in [0.25, 0.3) is 0 Å². The summed E-state index contributed by atoms with van der Waals surface area (Å²) in [5, 5.41) is 2.92. The third-order valence-corrected chi connectivity index (χ3v) is 7.34.